The van der Waals surface area contributed by atoms with Crippen LogP contribution in [0, 0.1) is 0 Å². The molecule has 4 nitrogen and oxygen atoms in total. The van der Waals surface area contributed by atoms with Crippen LogP contribution >= 0.6 is 0 Å². The third kappa shape index (κ3) is 4.90. The summed E-state index contributed by atoms with van der Waals surface area (Å²) in [6.45, 7) is 1.85. The van der Waals surface area contributed by atoms with Gasteiger partial charge in [0.2, 0.25) is 11.8 Å². The normalized spacial score (nSPS) is 10.4. The van der Waals surface area contributed by atoms with E-state index < -0.39 is 0 Å². The minimum Gasteiger partial charge on any atom is -0.352 e. The molecule has 2 amide bonds. The quantitative estimate of drug-likeness (QED) is 0.833. The number of amides is 2. The molecular formula is C18H18N2O2. The molecule has 0 fully saturated rings. The minimum absolute atomic E-state index is 0.106. The fourth-order valence-corrected chi connectivity index (χ4v) is 1.93. The smallest absolute Gasteiger partial charge is 0.248 e. The highest BCUT2D eigenvalue weighted by atomic mass is 16.2. The van der Waals surface area contributed by atoms with Crippen LogP contribution in [0.2, 0.25) is 0 Å². The Morgan fingerprint density at radius 1 is 1.00 bits per heavy atom. The summed E-state index contributed by atoms with van der Waals surface area (Å²) in [5.41, 5.74) is 2.52. The number of hydrogen-bond donors (Lipinski definition) is 2. The van der Waals surface area contributed by atoms with Gasteiger partial charge in [0.1, 0.15) is 0 Å². The standard InChI is InChI=1S/C18H18N2O2/c1-14(21)19-13-16-9-5-6-10-17(16)20-18(22)12-11-15-7-3-2-4-8-15/h2-12H,13H2,1H3,(H,19,21)(H,20,22)/b12-11+. The van der Waals surface area contributed by atoms with Gasteiger partial charge in [-0.05, 0) is 23.3 Å². The molecular weight excluding hydrogens is 276 g/mol. The van der Waals surface area contributed by atoms with Crippen molar-refractivity contribution < 1.29 is 9.59 Å². The molecule has 0 aliphatic carbocycles. The molecule has 2 rings (SSSR count). The van der Waals surface area contributed by atoms with Crippen LogP contribution in [-0.2, 0) is 16.1 Å². The highest BCUT2D eigenvalue weighted by Gasteiger charge is 2.04. The van der Waals surface area contributed by atoms with Crippen LogP contribution < -0.4 is 10.6 Å². The van der Waals surface area contributed by atoms with Crippen LogP contribution in [0.1, 0.15) is 18.1 Å². The number of benzene rings is 2. The van der Waals surface area contributed by atoms with Crippen molar-refractivity contribution in [2.75, 3.05) is 5.32 Å². The fraction of sp³-hybridized carbons (Fsp3) is 0.111. The Morgan fingerprint density at radius 2 is 1.68 bits per heavy atom. The molecule has 22 heavy (non-hydrogen) atoms. The maximum atomic E-state index is 12.0. The molecule has 0 saturated carbocycles. The average molecular weight is 294 g/mol. The highest BCUT2D eigenvalue weighted by molar-refractivity contribution is 6.02. The summed E-state index contributed by atoms with van der Waals surface area (Å²) in [4.78, 5) is 23.0. The summed E-state index contributed by atoms with van der Waals surface area (Å²) >= 11 is 0. The molecule has 0 saturated heterocycles. The largest absolute Gasteiger partial charge is 0.352 e. The van der Waals surface area contributed by atoms with Crippen molar-refractivity contribution in [1.82, 2.24) is 5.32 Å². The molecule has 0 unspecified atom stereocenters. The lowest BCUT2D eigenvalue weighted by Gasteiger charge is -2.10. The number of rotatable bonds is 5. The molecule has 0 aliphatic rings. The van der Waals surface area contributed by atoms with Gasteiger partial charge in [-0.2, -0.15) is 0 Å². The maximum Gasteiger partial charge on any atom is 0.248 e. The van der Waals surface area contributed by atoms with Crippen molar-refractivity contribution in [3.05, 3.63) is 71.8 Å². The topological polar surface area (TPSA) is 58.2 Å². The summed E-state index contributed by atoms with van der Waals surface area (Å²) in [6, 6.07) is 17.0. The van der Waals surface area contributed by atoms with Crippen molar-refractivity contribution in [1.29, 1.82) is 0 Å². The number of carbonyl (C=O) groups excluding carboxylic acids is 2. The van der Waals surface area contributed by atoms with Crippen LogP contribution in [0.4, 0.5) is 5.69 Å². The van der Waals surface area contributed by atoms with E-state index in [2.05, 4.69) is 10.6 Å². The first kappa shape index (κ1) is 15.5. The number of para-hydroxylation sites is 1. The lowest BCUT2D eigenvalue weighted by atomic mass is 10.1. The molecule has 112 valence electrons. The van der Waals surface area contributed by atoms with E-state index in [-0.39, 0.29) is 11.8 Å². The van der Waals surface area contributed by atoms with Gasteiger partial charge in [0.25, 0.3) is 0 Å². The fourth-order valence-electron chi connectivity index (χ4n) is 1.93. The van der Waals surface area contributed by atoms with Gasteiger partial charge in [0.05, 0.1) is 0 Å². The van der Waals surface area contributed by atoms with Gasteiger partial charge in [-0.3, -0.25) is 9.59 Å². The van der Waals surface area contributed by atoms with Gasteiger partial charge in [0, 0.05) is 25.2 Å². The monoisotopic (exact) mass is 294 g/mol. The van der Waals surface area contributed by atoms with Gasteiger partial charge in [0.15, 0.2) is 0 Å². The van der Waals surface area contributed by atoms with E-state index in [1.54, 1.807) is 6.08 Å². The molecule has 2 aromatic carbocycles. The average Bonchev–Trinajstić information content (AvgIpc) is 2.53. The van der Waals surface area contributed by atoms with E-state index in [1.165, 1.54) is 13.0 Å². The van der Waals surface area contributed by atoms with Crippen molar-refractivity contribution >= 4 is 23.6 Å². The Kier molecular flexibility index (Phi) is 5.49. The zero-order chi connectivity index (χ0) is 15.8. The highest BCUT2D eigenvalue weighted by Crippen LogP contribution is 2.15. The Balaban J connectivity index is 2.02. The summed E-state index contributed by atoms with van der Waals surface area (Å²) in [6.07, 6.45) is 3.25. The number of anilines is 1. The van der Waals surface area contributed by atoms with Gasteiger partial charge < -0.3 is 10.6 Å². The van der Waals surface area contributed by atoms with Crippen LogP contribution in [0.15, 0.2) is 60.7 Å². The number of hydrogen-bond acceptors (Lipinski definition) is 2. The lowest BCUT2D eigenvalue weighted by molar-refractivity contribution is -0.119. The molecule has 0 radical (unpaired) electrons. The van der Waals surface area contributed by atoms with Gasteiger partial charge >= 0.3 is 0 Å². The zero-order valence-corrected chi connectivity index (χ0v) is 12.4. The maximum absolute atomic E-state index is 12.0. The van der Waals surface area contributed by atoms with Crippen molar-refractivity contribution in [3.8, 4) is 0 Å². The van der Waals surface area contributed by atoms with E-state index in [1.807, 2.05) is 54.6 Å². The predicted octanol–water partition coefficient (Wildman–Crippen LogP) is 2.97. The molecule has 2 aromatic rings. The van der Waals surface area contributed by atoms with Crippen molar-refractivity contribution in [2.45, 2.75) is 13.5 Å². The van der Waals surface area contributed by atoms with Crippen LogP contribution in [0.3, 0.4) is 0 Å². The molecule has 0 atom stereocenters. The third-order valence-corrected chi connectivity index (χ3v) is 3.03. The third-order valence-electron chi connectivity index (χ3n) is 3.03. The zero-order valence-electron chi connectivity index (χ0n) is 12.4. The van der Waals surface area contributed by atoms with E-state index >= 15 is 0 Å². The molecule has 0 aliphatic heterocycles. The van der Waals surface area contributed by atoms with E-state index in [9.17, 15) is 9.59 Å². The van der Waals surface area contributed by atoms with Crippen LogP contribution in [0.5, 0.6) is 0 Å². The summed E-state index contributed by atoms with van der Waals surface area (Å²) in [5, 5.41) is 5.55. The second-order valence-corrected chi connectivity index (χ2v) is 4.80. The Labute approximate surface area is 129 Å². The molecule has 0 aromatic heterocycles. The van der Waals surface area contributed by atoms with E-state index in [0.717, 1.165) is 11.1 Å². The first-order valence-corrected chi connectivity index (χ1v) is 7.01. The molecule has 4 heteroatoms. The molecule has 0 heterocycles. The second-order valence-electron chi connectivity index (χ2n) is 4.80. The predicted molar refractivity (Wildman–Crippen MR) is 88.1 cm³/mol. The minimum atomic E-state index is -0.209. The number of carbonyl (C=O) groups is 2. The Hall–Kier alpha value is -2.88. The Morgan fingerprint density at radius 3 is 2.41 bits per heavy atom. The molecule has 0 spiro atoms. The second kappa shape index (κ2) is 7.78. The van der Waals surface area contributed by atoms with E-state index in [4.69, 9.17) is 0 Å². The summed E-state index contributed by atoms with van der Waals surface area (Å²) in [5.74, 6) is -0.316. The first-order chi connectivity index (χ1) is 10.6. The Bertz CT molecular complexity index is 678. The van der Waals surface area contributed by atoms with Crippen molar-refractivity contribution in [2.24, 2.45) is 0 Å². The first-order valence-electron chi connectivity index (χ1n) is 7.01. The molecule has 0 bridgehead atoms. The summed E-state index contributed by atoms with van der Waals surface area (Å²) in [7, 11) is 0. The SMILES string of the molecule is CC(=O)NCc1ccccc1NC(=O)/C=C/c1ccccc1. The van der Waals surface area contributed by atoms with Gasteiger partial charge in [-0.15, -0.1) is 0 Å². The summed E-state index contributed by atoms with van der Waals surface area (Å²) < 4.78 is 0. The number of nitrogens with one attached hydrogen (secondary N) is 2. The van der Waals surface area contributed by atoms with Crippen LogP contribution in [-0.4, -0.2) is 11.8 Å². The van der Waals surface area contributed by atoms with Crippen molar-refractivity contribution in [3.63, 3.8) is 0 Å². The lowest BCUT2D eigenvalue weighted by Crippen LogP contribution is -2.20. The molecule has 2 N–H and O–H groups in total. The van der Waals surface area contributed by atoms with Gasteiger partial charge in [-0.25, -0.2) is 0 Å². The van der Waals surface area contributed by atoms with Gasteiger partial charge in [-0.1, -0.05) is 48.5 Å². The van der Waals surface area contributed by atoms with E-state index in [0.29, 0.717) is 12.2 Å². The van der Waals surface area contributed by atoms with Crippen LogP contribution in [0.25, 0.3) is 6.08 Å².